The Morgan fingerprint density at radius 3 is 2.56 bits per heavy atom. The van der Waals surface area contributed by atoms with Gasteiger partial charge in [0.1, 0.15) is 17.2 Å². The molecule has 2 atom stereocenters. The van der Waals surface area contributed by atoms with Crippen molar-refractivity contribution in [3.05, 3.63) is 29.6 Å². The number of amides is 2. The minimum Gasteiger partial charge on any atom is -0.493 e. The van der Waals surface area contributed by atoms with Gasteiger partial charge in [-0.1, -0.05) is 6.07 Å². The molecule has 1 aromatic carbocycles. The number of hydrogen-bond acceptors (Lipinski definition) is 5. The van der Waals surface area contributed by atoms with Gasteiger partial charge in [0.2, 0.25) is 5.91 Å². The Kier molecular flexibility index (Phi) is 7.73. The van der Waals surface area contributed by atoms with Gasteiger partial charge in [-0.3, -0.25) is 4.79 Å². The van der Waals surface area contributed by atoms with Crippen LogP contribution in [0.2, 0.25) is 0 Å². The lowest BCUT2D eigenvalue weighted by Crippen LogP contribution is -2.42. The maximum atomic E-state index is 14.4. The van der Waals surface area contributed by atoms with Crippen molar-refractivity contribution in [2.24, 2.45) is 17.6 Å². The Hall–Kier alpha value is -2.49. The topological polar surface area (TPSA) is 85.1 Å². The lowest BCUT2D eigenvalue weighted by atomic mass is 9.89. The van der Waals surface area contributed by atoms with Crippen LogP contribution in [-0.4, -0.2) is 72.7 Å². The van der Waals surface area contributed by atoms with Gasteiger partial charge in [-0.15, -0.1) is 0 Å². The molecule has 2 unspecified atom stereocenters. The van der Waals surface area contributed by atoms with E-state index in [2.05, 4.69) is 0 Å². The summed E-state index contributed by atoms with van der Waals surface area (Å²) in [7, 11) is 1.27. The number of carbonyl (C=O) groups excluding carboxylic acids is 2. The van der Waals surface area contributed by atoms with E-state index in [-0.39, 0.29) is 29.2 Å². The Labute approximate surface area is 210 Å². The third-order valence-corrected chi connectivity index (χ3v) is 7.87. The Bertz CT molecular complexity index is 966. The van der Waals surface area contributed by atoms with Crippen molar-refractivity contribution in [1.29, 1.82) is 0 Å². The van der Waals surface area contributed by atoms with Crippen molar-refractivity contribution in [2.75, 3.05) is 33.3 Å². The van der Waals surface area contributed by atoms with E-state index in [9.17, 15) is 22.8 Å². The van der Waals surface area contributed by atoms with Crippen LogP contribution in [0, 0.1) is 17.7 Å². The van der Waals surface area contributed by atoms with Crippen molar-refractivity contribution in [3.8, 4) is 5.75 Å². The molecule has 2 amide bonds. The molecule has 0 radical (unpaired) electrons. The number of hydrogen-bond donors (Lipinski definition) is 1. The zero-order valence-corrected chi connectivity index (χ0v) is 21.0. The van der Waals surface area contributed by atoms with Crippen LogP contribution >= 0.6 is 0 Å². The molecule has 1 aromatic rings. The summed E-state index contributed by atoms with van der Waals surface area (Å²) in [6.45, 7) is 3.00. The highest BCUT2D eigenvalue weighted by Crippen LogP contribution is 2.51. The van der Waals surface area contributed by atoms with E-state index in [0.717, 1.165) is 37.0 Å². The van der Waals surface area contributed by atoms with Gasteiger partial charge in [0.15, 0.2) is 0 Å². The number of piperidine rings is 1. The van der Waals surface area contributed by atoms with E-state index < -0.39 is 24.7 Å². The molecule has 1 aliphatic heterocycles. The quantitative estimate of drug-likeness (QED) is 0.514. The Morgan fingerprint density at radius 1 is 1.25 bits per heavy atom. The van der Waals surface area contributed by atoms with Crippen molar-refractivity contribution in [2.45, 2.75) is 69.4 Å². The maximum absolute atomic E-state index is 14.4. The van der Waals surface area contributed by atoms with Crippen LogP contribution < -0.4 is 10.5 Å². The number of halogens is 3. The number of alkyl halides is 2. The van der Waals surface area contributed by atoms with Gasteiger partial charge < -0.3 is 25.0 Å². The fraction of sp³-hybridized carbons (Fsp3) is 0.692. The molecule has 0 aromatic heterocycles. The van der Waals surface area contributed by atoms with Gasteiger partial charge in [-0.25, -0.2) is 18.0 Å². The number of likely N-dealkylation sites (N-methyl/N-ethyl adjacent to an activating group) is 1. The van der Waals surface area contributed by atoms with Crippen LogP contribution in [-0.2, 0) is 16.0 Å². The molecule has 2 aliphatic carbocycles. The van der Waals surface area contributed by atoms with Gasteiger partial charge in [0.05, 0.1) is 19.6 Å². The largest absolute Gasteiger partial charge is 0.493 e. The molecule has 36 heavy (non-hydrogen) atoms. The average molecular weight is 512 g/mol. The molecular formula is C26H36F3N3O4. The highest BCUT2D eigenvalue weighted by atomic mass is 19.3. The summed E-state index contributed by atoms with van der Waals surface area (Å²) in [6.07, 6.45) is 2.10. The molecular weight excluding hydrogens is 475 g/mol. The molecule has 0 spiro atoms. The van der Waals surface area contributed by atoms with Gasteiger partial charge >= 0.3 is 6.09 Å². The maximum Gasteiger partial charge on any atom is 0.410 e. The van der Waals surface area contributed by atoms with E-state index >= 15 is 0 Å². The molecule has 3 fully saturated rings. The molecule has 200 valence electrons. The zero-order chi connectivity index (χ0) is 26.1. The monoisotopic (exact) mass is 511 g/mol. The first-order chi connectivity index (χ1) is 17.0. The first kappa shape index (κ1) is 26.6. The van der Waals surface area contributed by atoms with Crippen LogP contribution in [0.5, 0.6) is 5.75 Å². The average Bonchev–Trinajstić information content (AvgIpc) is 3.72. The third kappa shape index (κ3) is 6.63. The Morgan fingerprint density at radius 2 is 1.94 bits per heavy atom. The molecule has 4 rings (SSSR count). The second kappa shape index (κ2) is 10.5. The van der Waals surface area contributed by atoms with Crippen molar-refractivity contribution in [1.82, 2.24) is 9.80 Å². The minimum absolute atomic E-state index is 0.132. The second-order valence-electron chi connectivity index (χ2n) is 10.9. The van der Waals surface area contributed by atoms with Crippen LogP contribution in [0.1, 0.15) is 51.0 Å². The second-order valence-corrected chi connectivity index (χ2v) is 10.9. The van der Waals surface area contributed by atoms with Crippen molar-refractivity contribution in [3.63, 3.8) is 0 Å². The van der Waals surface area contributed by atoms with Crippen LogP contribution in [0.15, 0.2) is 18.2 Å². The Balaban J connectivity index is 1.18. The van der Waals surface area contributed by atoms with Crippen LogP contribution in [0.3, 0.4) is 0 Å². The smallest absolute Gasteiger partial charge is 0.410 e. The molecule has 2 N–H and O–H groups in total. The normalized spacial score (nSPS) is 25.0. The SMILES string of the molecule is CN(CC(F)F)C(=O)Cc1ccc(OCCC2(N)CC2C2CCN(C(=O)OC3(C)CC3)CC2)cc1F. The number of ether oxygens (including phenoxy) is 2. The van der Waals surface area contributed by atoms with Gasteiger partial charge in [-0.2, -0.15) is 0 Å². The van der Waals surface area contributed by atoms with Crippen LogP contribution in [0.25, 0.3) is 0 Å². The van der Waals surface area contributed by atoms with Crippen molar-refractivity contribution < 1.29 is 32.2 Å². The molecule has 10 heteroatoms. The van der Waals surface area contributed by atoms with Crippen molar-refractivity contribution >= 4 is 12.0 Å². The number of nitrogens with two attached hydrogens (primary N) is 1. The molecule has 3 aliphatic rings. The first-order valence-corrected chi connectivity index (χ1v) is 12.7. The number of rotatable bonds is 10. The predicted octanol–water partition coefficient (Wildman–Crippen LogP) is 3.98. The lowest BCUT2D eigenvalue weighted by Gasteiger charge is -2.33. The van der Waals surface area contributed by atoms with Crippen LogP contribution in [0.4, 0.5) is 18.0 Å². The highest BCUT2D eigenvalue weighted by molar-refractivity contribution is 5.78. The van der Waals surface area contributed by atoms with Gasteiger partial charge in [0.25, 0.3) is 6.43 Å². The minimum atomic E-state index is -2.64. The number of carbonyl (C=O) groups is 2. The zero-order valence-electron chi connectivity index (χ0n) is 21.0. The van der Waals surface area contributed by atoms with E-state index in [1.807, 2.05) is 6.92 Å². The van der Waals surface area contributed by atoms with Gasteiger partial charge in [0, 0.05) is 31.7 Å². The summed E-state index contributed by atoms with van der Waals surface area (Å²) in [5.41, 5.74) is 6.15. The van der Waals surface area contributed by atoms with E-state index in [1.54, 1.807) is 11.0 Å². The third-order valence-electron chi connectivity index (χ3n) is 7.87. The molecule has 2 saturated carbocycles. The molecule has 1 heterocycles. The highest BCUT2D eigenvalue weighted by Gasteiger charge is 2.54. The summed E-state index contributed by atoms with van der Waals surface area (Å²) in [5.74, 6) is -0.00289. The summed E-state index contributed by atoms with van der Waals surface area (Å²) in [4.78, 5) is 27.0. The summed E-state index contributed by atoms with van der Waals surface area (Å²) < 4.78 is 50.6. The number of likely N-dealkylation sites (tertiary alicyclic amines) is 1. The summed E-state index contributed by atoms with van der Waals surface area (Å²) in [5, 5.41) is 0. The number of benzene rings is 1. The summed E-state index contributed by atoms with van der Waals surface area (Å²) in [6, 6.07) is 4.22. The first-order valence-electron chi connectivity index (χ1n) is 12.7. The lowest BCUT2D eigenvalue weighted by molar-refractivity contribution is -0.130. The van der Waals surface area contributed by atoms with E-state index in [1.165, 1.54) is 19.2 Å². The van der Waals surface area contributed by atoms with Gasteiger partial charge in [-0.05, 0) is 68.9 Å². The fourth-order valence-corrected chi connectivity index (χ4v) is 5.04. The fourth-order valence-electron chi connectivity index (χ4n) is 5.04. The predicted molar refractivity (Wildman–Crippen MR) is 127 cm³/mol. The number of nitrogens with zero attached hydrogens (tertiary/aromatic N) is 2. The molecule has 1 saturated heterocycles. The molecule has 0 bridgehead atoms. The van der Waals surface area contributed by atoms with E-state index in [4.69, 9.17) is 15.2 Å². The van der Waals surface area contributed by atoms with E-state index in [0.29, 0.717) is 43.7 Å². The standard InChI is InChI=1S/C26H36F3N3O4/c1-25(7-8-25)36-24(34)32-10-5-17(6-11-32)20-15-26(20,30)9-12-35-19-4-3-18(21(27)14-19)13-23(33)31(2)16-22(28)29/h3-4,14,17,20,22H,5-13,15-16,30H2,1-2H3. The summed E-state index contributed by atoms with van der Waals surface area (Å²) >= 11 is 0. The molecule has 7 nitrogen and oxygen atoms in total.